The minimum absolute atomic E-state index is 0.0234. The van der Waals surface area contributed by atoms with E-state index in [-0.39, 0.29) is 6.61 Å². The lowest BCUT2D eigenvalue weighted by molar-refractivity contribution is -0.167. The number of esters is 1. The molecular weight excluding hydrogens is 907 g/mol. The van der Waals surface area contributed by atoms with Gasteiger partial charge < -0.3 is 46.7 Å². The van der Waals surface area contributed by atoms with E-state index in [0.717, 1.165) is 5.56 Å². The molecule has 1 rings (SSSR count). The van der Waals surface area contributed by atoms with Crippen LogP contribution in [0.2, 0.25) is 0 Å². The summed E-state index contributed by atoms with van der Waals surface area (Å²) in [6.45, 7) is 40.5. The molecule has 0 heterocycles. The molecule has 0 saturated heterocycles. The Morgan fingerprint density at radius 1 is 0.366 bits per heavy atom. The number of carbonyl (C=O) groups excluding carboxylic acids is 8. The lowest BCUT2D eigenvalue weighted by Gasteiger charge is -2.45. The van der Waals surface area contributed by atoms with E-state index in [2.05, 4.69) is 37.2 Å². The van der Waals surface area contributed by atoms with Gasteiger partial charge in [0, 0.05) is 0 Å². The maximum atomic E-state index is 14.8. The van der Waals surface area contributed by atoms with E-state index in [9.17, 15) is 38.4 Å². The SMILES string of the molecule is CC(C)[C@](C)(NC(=O)OCc1ccccc1)C(=O)N[C@](C)(C(=O)N[C@](C)(C(=O)N[C@](C)(C(=O)N[C@](C)(C(=O)N[C@](C)(C(=O)N[C@](C)(C(=O)OC(C)(C)C)C(C)C)C(C)C)C(C)C)C(C)C)C(C)C)C(C)C. The molecule has 7 N–H and O–H groups in total. The summed E-state index contributed by atoms with van der Waals surface area (Å²) in [5.74, 6) is -8.32. The third-order valence-electron chi connectivity index (χ3n) is 15.5. The quantitative estimate of drug-likeness (QED) is 0.0563. The van der Waals surface area contributed by atoms with Gasteiger partial charge in [-0.1, -0.05) is 127 Å². The first kappa shape index (κ1) is 63.8. The molecule has 1 aromatic carbocycles. The van der Waals surface area contributed by atoms with E-state index >= 15 is 0 Å². The van der Waals surface area contributed by atoms with Crippen molar-refractivity contribution in [3.63, 3.8) is 0 Å². The van der Waals surface area contributed by atoms with E-state index < -0.39 is 133 Å². The predicted octanol–water partition coefficient (Wildman–Crippen LogP) is 6.85. The number of rotatable bonds is 23. The fourth-order valence-electron chi connectivity index (χ4n) is 6.76. The summed E-state index contributed by atoms with van der Waals surface area (Å²) in [5.41, 5.74) is -11.3. The number of hydrogen-bond acceptors (Lipinski definition) is 10. The van der Waals surface area contributed by atoms with Crippen LogP contribution in [0.4, 0.5) is 4.79 Å². The predicted molar refractivity (Wildman–Crippen MR) is 277 cm³/mol. The van der Waals surface area contributed by atoms with Crippen LogP contribution in [0.5, 0.6) is 0 Å². The Kier molecular flexibility index (Phi) is 21.2. The highest BCUT2D eigenvalue weighted by molar-refractivity contribution is 6.03. The van der Waals surface area contributed by atoms with Crippen molar-refractivity contribution in [1.29, 1.82) is 0 Å². The molecular formula is C54H93N7O10. The van der Waals surface area contributed by atoms with Gasteiger partial charge in [0.25, 0.3) is 0 Å². The molecule has 7 amide bonds. The second-order valence-corrected chi connectivity index (χ2v) is 23.9. The number of ether oxygens (including phenoxy) is 2. The van der Waals surface area contributed by atoms with Crippen LogP contribution in [0.1, 0.15) is 172 Å². The van der Waals surface area contributed by atoms with Crippen LogP contribution in [0.3, 0.4) is 0 Å². The summed E-state index contributed by atoms with van der Waals surface area (Å²) < 4.78 is 11.1. The largest absolute Gasteiger partial charge is 0.458 e. The average molecular weight is 1000 g/mol. The third-order valence-corrected chi connectivity index (χ3v) is 15.5. The van der Waals surface area contributed by atoms with Gasteiger partial charge in [-0.15, -0.1) is 0 Å². The Morgan fingerprint density at radius 3 is 0.817 bits per heavy atom. The number of alkyl carbamates (subject to hydrolysis) is 1. The van der Waals surface area contributed by atoms with Crippen LogP contribution < -0.4 is 37.2 Å². The maximum absolute atomic E-state index is 14.8. The van der Waals surface area contributed by atoms with Gasteiger partial charge in [0.05, 0.1) is 0 Å². The Bertz CT molecular complexity index is 2080. The molecule has 0 saturated carbocycles. The zero-order valence-corrected chi connectivity index (χ0v) is 47.7. The molecule has 1 aromatic rings. The van der Waals surface area contributed by atoms with Crippen LogP contribution in [-0.2, 0) is 49.6 Å². The number of amides is 7. The smallest absolute Gasteiger partial charge is 0.408 e. The topological polar surface area (TPSA) is 239 Å². The summed E-state index contributed by atoms with van der Waals surface area (Å²) >= 11 is 0. The van der Waals surface area contributed by atoms with Crippen LogP contribution >= 0.6 is 0 Å². The van der Waals surface area contributed by atoms with E-state index in [0.29, 0.717) is 0 Å². The molecule has 71 heavy (non-hydrogen) atoms. The monoisotopic (exact) mass is 1000 g/mol. The normalized spacial score (nSPS) is 18.1. The van der Waals surface area contributed by atoms with E-state index in [1.54, 1.807) is 158 Å². The summed E-state index contributed by atoms with van der Waals surface area (Å²) in [6, 6.07) is 9.07. The van der Waals surface area contributed by atoms with Crippen molar-refractivity contribution in [2.45, 2.75) is 217 Å². The van der Waals surface area contributed by atoms with E-state index in [1.165, 1.54) is 20.8 Å². The molecule has 7 atom stereocenters. The molecule has 0 aliphatic carbocycles. The van der Waals surface area contributed by atoms with Crippen molar-refractivity contribution in [2.24, 2.45) is 41.4 Å². The third kappa shape index (κ3) is 14.7. The van der Waals surface area contributed by atoms with Crippen molar-refractivity contribution in [1.82, 2.24) is 37.2 Å². The number of carbonyl (C=O) groups is 8. The molecule has 0 unspecified atom stereocenters. The summed E-state index contributed by atoms with van der Waals surface area (Å²) in [6.07, 6.45) is -0.825. The second-order valence-electron chi connectivity index (χ2n) is 23.9. The Balaban J connectivity index is 3.58. The standard InChI is InChI=1S/C54H93N7O10/c1-31(2)48(18,39(62)56-50(20,33(5)6)41(64)58-52(22,35(9)10)43(66)60-54(24,37(13)14)45(68)71-47(15,16)17)55-40(63)49(19,32(3)4)57-42(65)51(21,34(7)8)59-44(67)53(23,36(11)12)61-46(69)70-30-38-28-26-25-27-29-38/h25-29,31-37H,30H2,1-24H3,(H,55,63)(H,56,62)(H,57,65)(H,58,64)(H,59,67)(H,60,66)(H,61,69)/t48-,49-,50-,51-,52-,53-,54-/m0/s1. The van der Waals surface area contributed by atoms with Crippen molar-refractivity contribution in [3.05, 3.63) is 35.9 Å². The highest BCUT2D eigenvalue weighted by Gasteiger charge is 2.53. The Labute approximate surface area is 425 Å². The summed E-state index contributed by atoms with van der Waals surface area (Å²) in [7, 11) is 0. The van der Waals surface area contributed by atoms with Gasteiger partial charge in [0.15, 0.2) is 0 Å². The van der Waals surface area contributed by atoms with Gasteiger partial charge in [-0.3, -0.25) is 28.8 Å². The Morgan fingerprint density at radius 2 is 0.592 bits per heavy atom. The first-order valence-corrected chi connectivity index (χ1v) is 25.2. The molecule has 17 nitrogen and oxygen atoms in total. The molecule has 0 fully saturated rings. The first-order valence-electron chi connectivity index (χ1n) is 25.2. The van der Waals surface area contributed by atoms with Gasteiger partial charge in [-0.05, 0) is 116 Å². The van der Waals surface area contributed by atoms with Crippen LogP contribution in [0.15, 0.2) is 30.3 Å². The van der Waals surface area contributed by atoms with Gasteiger partial charge in [0.2, 0.25) is 35.4 Å². The molecule has 0 bridgehead atoms. The van der Waals surface area contributed by atoms with Crippen molar-refractivity contribution in [3.8, 4) is 0 Å². The maximum Gasteiger partial charge on any atom is 0.408 e. The van der Waals surface area contributed by atoms with Gasteiger partial charge in [-0.25, -0.2) is 9.59 Å². The first-order chi connectivity index (χ1) is 32.0. The minimum Gasteiger partial charge on any atom is -0.458 e. The summed E-state index contributed by atoms with van der Waals surface area (Å²) in [4.78, 5) is 114. The fraction of sp³-hybridized carbons (Fsp3) is 0.741. The molecule has 0 aliphatic heterocycles. The van der Waals surface area contributed by atoms with Gasteiger partial charge in [0.1, 0.15) is 51.0 Å². The summed E-state index contributed by atoms with van der Waals surface area (Å²) in [5, 5.41) is 20.1. The highest BCUT2D eigenvalue weighted by Crippen LogP contribution is 2.30. The minimum atomic E-state index is -1.69. The van der Waals surface area contributed by atoms with E-state index in [4.69, 9.17) is 9.47 Å². The van der Waals surface area contributed by atoms with Crippen LogP contribution in [0.25, 0.3) is 0 Å². The molecule has 17 heteroatoms. The average Bonchev–Trinajstić information content (AvgIpc) is 3.24. The second kappa shape index (κ2) is 23.6. The molecule has 0 aromatic heterocycles. The number of benzene rings is 1. The number of nitrogens with one attached hydrogen (secondary N) is 7. The molecule has 0 radical (unpaired) electrons. The van der Waals surface area contributed by atoms with Gasteiger partial charge in [-0.2, -0.15) is 0 Å². The fourth-order valence-corrected chi connectivity index (χ4v) is 6.76. The lowest BCUT2D eigenvalue weighted by atomic mass is 9.79. The van der Waals surface area contributed by atoms with E-state index in [1.807, 2.05) is 18.2 Å². The Hall–Kier alpha value is -5.22. The zero-order chi connectivity index (χ0) is 55.8. The molecule has 404 valence electrons. The molecule has 0 aliphatic rings. The zero-order valence-electron chi connectivity index (χ0n) is 47.7. The van der Waals surface area contributed by atoms with Crippen molar-refractivity contribution in [2.75, 3.05) is 0 Å². The van der Waals surface area contributed by atoms with Crippen molar-refractivity contribution < 1.29 is 47.8 Å². The lowest BCUT2D eigenvalue weighted by Crippen LogP contribution is -2.74. The van der Waals surface area contributed by atoms with Gasteiger partial charge >= 0.3 is 12.1 Å². The number of hydrogen-bond donors (Lipinski definition) is 7. The highest BCUT2D eigenvalue weighted by atomic mass is 16.6. The van der Waals surface area contributed by atoms with Crippen molar-refractivity contribution >= 4 is 47.5 Å². The molecule has 0 spiro atoms. The van der Waals surface area contributed by atoms with Crippen LogP contribution in [-0.4, -0.2) is 91.9 Å². The van der Waals surface area contributed by atoms with Crippen LogP contribution in [0, 0.1) is 41.4 Å².